The molecule has 0 bridgehead atoms. The Morgan fingerprint density at radius 2 is 1.83 bits per heavy atom. The van der Waals surface area contributed by atoms with Crippen LogP contribution in [0.1, 0.15) is 34.5 Å². The summed E-state index contributed by atoms with van der Waals surface area (Å²) in [4.78, 5) is 31.9. The highest BCUT2D eigenvalue weighted by molar-refractivity contribution is 5.94. The molecule has 4 aromatic rings. The van der Waals surface area contributed by atoms with E-state index in [9.17, 15) is 14.7 Å². The number of pyridine rings is 2. The molecule has 6 heteroatoms. The molecule has 2 aromatic heterocycles. The van der Waals surface area contributed by atoms with Gasteiger partial charge in [-0.2, -0.15) is 0 Å². The average Bonchev–Trinajstić information content (AvgIpc) is 2.74. The molecule has 30 heavy (non-hydrogen) atoms. The number of fused-ring (bicyclic) bond motifs is 1. The molecule has 1 unspecified atom stereocenters. The number of anilines is 1. The zero-order valence-corrected chi connectivity index (χ0v) is 16.6. The molecule has 2 heterocycles. The summed E-state index contributed by atoms with van der Waals surface area (Å²) in [7, 11) is 0. The SMILES string of the molecule is Cc1cc(C(C)Nc2ccccc2C(=O)O)c2[nH]c(-c3ccncc3)cc(=O)c2c1. The van der Waals surface area contributed by atoms with Crippen LogP contribution in [0.25, 0.3) is 22.2 Å². The third-order valence-electron chi connectivity index (χ3n) is 5.10. The standard InChI is InChI=1S/C24H21N3O3/c1-14-11-18(15(2)26-20-6-4-3-5-17(20)24(29)30)23-19(12-14)22(28)13-21(27-23)16-7-9-25-10-8-16/h3-13,15,26H,1-2H3,(H,27,28)(H,29,30). The van der Waals surface area contributed by atoms with Gasteiger partial charge >= 0.3 is 5.97 Å². The highest BCUT2D eigenvalue weighted by atomic mass is 16.4. The Labute approximate surface area is 173 Å². The Morgan fingerprint density at radius 3 is 2.57 bits per heavy atom. The summed E-state index contributed by atoms with van der Waals surface area (Å²) >= 11 is 0. The molecule has 0 amide bonds. The number of aromatic amines is 1. The molecule has 0 aliphatic carbocycles. The Bertz CT molecular complexity index is 1300. The number of aromatic carboxylic acids is 1. The van der Waals surface area contributed by atoms with Crippen molar-refractivity contribution in [1.29, 1.82) is 0 Å². The second kappa shape index (κ2) is 7.83. The van der Waals surface area contributed by atoms with Gasteiger partial charge in [-0.3, -0.25) is 9.78 Å². The van der Waals surface area contributed by atoms with E-state index in [-0.39, 0.29) is 17.0 Å². The molecule has 150 valence electrons. The van der Waals surface area contributed by atoms with Gasteiger partial charge in [0.15, 0.2) is 5.43 Å². The molecule has 0 spiro atoms. The Balaban J connectivity index is 1.85. The molecule has 6 nitrogen and oxygen atoms in total. The number of nitrogens with zero attached hydrogens (tertiary/aromatic N) is 1. The van der Waals surface area contributed by atoms with E-state index in [4.69, 9.17) is 0 Å². The molecule has 0 aliphatic heterocycles. The number of H-pyrrole nitrogens is 1. The zero-order valence-electron chi connectivity index (χ0n) is 16.6. The highest BCUT2D eigenvalue weighted by Crippen LogP contribution is 2.29. The van der Waals surface area contributed by atoms with E-state index in [1.165, 1.54) is 0 Å². The first-order chi connectivity index (χ1) is 14.4. The normalized spacial score (nSPS) is 11.9. The topological polar surface area (TPSA) is 95.1 Å². The fourth-order valence-corrected chi connectivity index (χ4v) is 3.66. The van der Waals surface area contributed by atoms with E-state index in [0.29, 0.717) is 16.8 Å². The predicted octanol–water partition coefficient (Wildman–Crippen LogP) is 4.77. The van der Waals surface area contributed by atoms with E-state index in [2.05, 4.69) is 15.3 Å². The first kappa shape index (κ1) is 19.4. The lowest BCUT2D eigenvalue weighted by molar-refractivity contribution is 0.0698. The van der Waals surface area contributed by atoms with Gasteiger partial charge in [-0.05, 0) is 55.3 Å². The van der Waals surface area contributed by atoms with Gasteiger partial charge in [-0.25, -0.2) is 4.79 Å². The molecule has 3 N–H and O–H groups in total. The van der Waals surface area contributed by atoms with Crippen LogP contribution in [0.4, 0.5) is 5.69 Å². The predicted molar refractivity (Wildman–Crippen MR) is 118 cm³/mol. The van der Waals surface area contributed by atoms with E-state index in [1.54, 1.807) is 42.7 Å². The van der Waals surface area contributed by atoms with E-state index < -0.39 is 5.97 Å². The van der Waals surface area contributed by atoms with Gasteiger partial charge in [0, 0.05) is 40.8 Å². The lowest BCUT2D eigenvalue weighted by Gasteiger charge is -2.20. The third kappa shape index (κ3) is 3.67. The number of benzene rings is 2. The second-order valence-corrected chi connectivity index (χ2v) is 7.28. The number of carboxylic acids is 1. The third-order valence-corrected chi connectivity index (χ3v) is 5.10. The maximum Gasteiger partial charge on any atom is 0.337 e. The van der Waals surface area contributed by atoms with Gasteiger partial charge in [-0.1, -0.05) is 18.2 Å². The lowest BCUT2D eigenvalue weighted by Crippen LogP contribution is -2.13. The van der Waals surface area contributed by atoms with Crippen molar-refractivity contribution in [2.45, 2.75) is 19.9 Å². The largest absolute Gasteiger partial charge is 0.478 e. The molecule has 0 saturated heterocycles. The summed E-state index contributed by atoms with van der Waals surface area (Å²) in [6.07, 6.45) is 3.36. The van der Waals surface area contributed by atoms with Gasteiger partial charge in [0.1, 0.15) is 0 Å². The van der Waals surface area contributed by atoms with E-state index in [1.807, 2.05) is 38.1 Å². The molecular formula is C24H21N3O3. The first-order valence-electron chi connectivity index (χ1n) is 9.61. The van der Waals surface area contributed by atoms with Crippen molar-refractivity contribution >= 4 is 22.6 Å². The number of aryl methyl sites for hydroxylation is 1. The Morgan fingerprint density at radius 1 is 1.10 bits per heavy atom. The molecule has 4 rings (SSSR count). The van der Waals surface area contributed by atoms with Gasteiger partial charge in [-0.15, -0.1) is 0 Å². The average molecular weight is 399 g/mol. The van der Waals surface area contributed by atoms with Gasteiger partial charge in [0.05, 0.1) is 17.1 Å². The molecule has 0 fully saturated rings. The van der Waals surface area contributed by atoms with Crippen LogP contribution in [-0.2, 0) is 0 Å². The molecule has 0 aliphatic rings. The number of rotatable bonds is 5. The minimum absolute atomic E-state index is 0.0707. The van der Waals surface area contributed by atoms with Crippen LogP contribution in [-0.4, -0.2) is 21.0 Å². The number of hydrogen-bond donors (Lipinski definition) is 3. The fourth-order valence-electron chi connectivity index (χ4n) is 3.66. The van der Waals surface area contributed by atoms with Crippen LogP contribution < -0.4 is 10.7 Å². The summed E-state index contributed by atoms with van der Waals surface area (Å²) < 4.78 is 0. The van der Waals surface area contributed by atoms with E-state index in [0.717, 1.165) is 22.2 Å². The van der Waals surface area contributed by atoms with Gasteiger partial charge < -0.3 is 15.4 Å². The Kier molecular flexibility index (Phi) is 5.06. The number of aromatic nitrogens is 2. The monoisotopic (exact) mass is 399 g/mol. The molecule has 1 atom stereocenters. The molecule has 0 saturated carbocycles. The number of carbonyl (C=O) groups is 1. The summed E-state index contributed by atoms with van der Waals surface area (Å²) in [6.45, 7) is 3.89. The number of hydrogen-bond acceptors (Lipinski definition) is 4. The summed E-state index contributed by atoms with van der Waals surface area (Å²) in [6, 6.07) is 15.7. The van der Waals surface area contributed by atoms with Crippen LogP contribution in [0.15, 0.2) is 71.8 Å². The molecule has 2 aromatic carbocycles. The number of carboxylic acid groups (broad SMARTS) is 1. The summed E-state index contributed by atoms with van der Waals surface area (Å²) in [5.74, 6) is -0.993. The summed E-state index contributed by atoms with van der Waals surface area (Å²) in [5.41, 5.74) is 4.81. The smallest absolute Gasteiger partial charge is 0.337 e. The maximum absolute atomic E-state index is 12.9. The first-order valence-corrected chi connectivity index (χ1v) is 9.61. The van der Waals surface area contributed by atoms with Crippen LogP contribution in [0.5, 0.6) is 0 Å². The Hall–Kier alpha value is -3.93. The number of nitrogens with one attached hydrogen (secondary N) is 2. The van der Waals surface area contributed by atoms with Crippen molar-refractivity contribution in [3.05, 3.63) is 93.9 Å². The van der Waals surface area contributed by atoms with Crippen molar-refractivity contribution in [3.63, 3.8) is 0 Å². The molecular weight excluding hydrogens is 378 g/mol. The number of para-hydroxylation sites is 1. The zero-order chi connectivity index (χ0) is 21.3. The van der Waals surface area contributed by atoms with Crippen LogP contribution in [0, 0.1) is 6.92 Å². The lowest BCUT2D eigenvalue weighted by atomic mass is 9.99. The van der Waals surface area contributed by atoms with Gasteiger partial charge in [0.25, 0.3) is 0 Å². The minimum atomic E-state index is -0.993. The fraction of sp³-hybridized carbons (Fsp3) is 0.125. The van der Waals surface area contributed by atoms with Crippen molar-refractivity contribution in [1.82, 2.24) is 9.97 Å². The van der Waals surface area contributed by atoms with E-state index >= 15 is 0 Å². The van der Waals surface area contributed by atoms with Crippen LogP contribution in [0.3, 0.4) is 0 Å². The van der Waals surface area contributed by atoms with Gasteiger partial charge in [0.2, 0.25) is 0 Å². The van der Waals surface area contributed by atoms with Crippen molar-refractivity contribution < 1.29 is 9.90 Å². The maximum atomic E-state index is 12.9. The quantitative estimate of drug-likeness (QED) is 0.449. The minimum Gasteiger partial charge on any atom is -0.478 e. The van der Waals surface area contributed by atoms with Crippen LogP contribution >= 0.6 is 0 Å². The molecule has 0 radical (unpaired) electrons. The van der Waals surface area contributed by atoms with Crippen molar-refractivity contribution in [2.24, 2.45) is 0 Å². The second-order valence-electron chi connectivity index (χ2n) is 7.28. The van der Waals surface area contributed by atoms with Crippen LogP contribution in [0.2, 0.25) is 0 Å². The summed E-state index contributed by atoms with van der Waals surface area (Å²) in [5, 5.41) is 13.4. The highest BCUT2D eigenvalue weighted by Gasteiger charge is 2.17. The van der Waals surface area contributed by atoms with Crippen molar-refractivity contribution in [3.8, 4) is 11.3 Å². The van der Waals surface area contributed by atoms with Crippen molar-refractivity contribution in [2.75, 3.05) is 5.32 Å².